The van der Waals surface area contributed by atoms with Crippen molar-refractivity contribution in [3.05, 3.63) is 23.4 Å². The maximum Gasteiger partial charge on any atom is 0.242 e. The van der Waals surface area contributed by atoms with Crippen molar-refractivity contribution in [1.29, 1.82) is 0 Å². The van der Waals surface area contributed by atoms with Crippen molar-refractivity contribution in [2.24, 2.45) is 0 Å². The van der Waals surface area contributed by atoms with E-state index in [1.165, 1.54) is 0 Å². The Morgan fingerprint density at radius 2 is 2.11 bits per heavy atom. The van der Waals surface area contributed by atoms with Gasteiger partial charge in [0.2, 0.25) is 5.91 Å². The van der Waals surface area contributed by atoms with Crippen LogP contribution in [0.15, 0.2) is 18.3 Å². The normalized spacial score (nSPS) is 25.3. The van der Waals surface area contributed by atoms with E-state index in [9.17, 15) is 4.79 Å². The summed E-state index contributed by atoms with van der Waals surface area (Å²) in [5.41, 5.74) is 0. The van der Waals surface area contributed by atoms with Crippen molar-refractivity contribution >= 4 is 23.3 Å². The summed E-state index contributed by atoms with van der Waals surface area (Å²) in [4.78, 5) is 18.6. The van der Waals surface area contributed by atoms with Crippen molar-refractivity contribution in [3.8, 4) is 0 Å². The summed E-state index contributed by atoms with van der Waals surface area (Å²) in [6.07, 6.45) is 3.90. The second-order valence-electron chi connectivity index (χ2n) is 5.22. The highest BCUT2D eigenvalue weighted by Crippen LogP contribution is 2.26. The highest BCUT2D eigenvalue weighted by atomic mass is 35.5. The second-order valence-corrected chi connectivity index (χ2v) is 5.63. The van der Waals surface area contributed by atoms with Crippen molar-refractivity contribution in [3.63, 3.8) is 0 Å². The van der Waals surface area contributed by atoms with Crippen molar-refractivity contribution < 1.29 is 4.79 Å². The van der Waals surface area contributed by atoms with Crippen molar-refractivity contribution in [1.82, 2.24) is 9.88 Å². The van der Waals surface area contributed by atoms with Crippen LogP contribution in [0, 0.1) is 0 Å². The Hall–Kier alpha value is -1.13. The number of nitrogens with one attached hydrogen (secondary N) is 1. The monoisotopic (exact) mass is 281 g/mol. The Bertz CT molecular complexity index is 456. The highest BCUT2D eigenvalue weighted by molar-refractivity contribution is 6.33. The SMILES string of the molecule is CC1CCC(C)N1C(C)C(=O)Nc1ncccc1Cl. The average Bonchev–Trinajstić information content (AvgIpc) is 2.71. The first-order valence-corrected chi connectivity index (χ1v) is 7.07. The fourth-order valence-electron chi connectivity index (χ4n) is 2.81. The molecule has 4 nitrogen and oxygen atoms in total. The van der Waals surface area contributed by atoms with E-state index in [0.717, 1.165) is 12.8 Å². The predicted octanol–water partition coefficient (Wildman–Crippen LogP) is 2.93. The number of amides is 1. The zero-order valence-corrected chi connectivity index (χ0v) is 12.3. The summed E-state index contributed by atoms with van der Waals surface area (Å²) in [6.45, 7) is 6.27. The van der Waals surface area contributed by atoms with Gasteiger partial charge in [0.15, 0.2) is 5.82 Å². The van der Waals surface area contributed by atoms with E-state index in [1.807, 2.05) is 6.92 Å². The van der Waals surface area contributed by atoms with Gasteiger partial charge in [-0.05, 0) is 45.7 Å². The molecule has 1 aliphatic rings. The minimum Gasteiger partial charge on any atom is -0.308 e. The largest absolute Gasteiger partial charge is 0.308 e. The number of pyridine rings is 1. The molecule has 1 fully saturated rings. The third-order valence-corrected chi connectivity index (χ3v) is 4.15. The number of anilines is 1. The number of carbonyl (C=O) groups excluding carboxylic acids is 1. The first kappa shape index (κ1) is 14.3. The number of aromatic nitrogens is 1. The van der Waals surface area contributed by atoms with Gasteiger partial charge in [-0.2, -0.15) is 0 Å². The topological polar surface area (TPSA) is 45.2 Å². The standard InChI is InChI=1S/C14H20ClN3O/c1-9-6-7-10(2)18(9)11(3)14(19)17-13-12(15)5-4-8-16-13/h4-5,8-11H,6-7H2,1-3H3,(H,16,17,19). The molecule has 19 heavy (non-hydrogen) atoms. The lowest BCUT2D eigenvalue weighted by molar-refractivity contribution is -0.121. The molecular weight excluding hydrogens is 262 g/mol. The third kappa shape index (κ3) is 3.07. The fraction of sp³-hybridized carbons (Fsp3) is 0.571. The van der Waals surface area contributed by atoms with Crippen LogP contribution in [0.5, 0.6) is 0 Å². The number of rotatable bonds is 3. The lowest BCUT2D eigenvalue weighted by atomic mass is 10.2. The maximum atomic E-state index is 12.3. The first-order chi connectivity index (χ1) is 9.00. The molecular formula is C14H20ClN3O. The number of carbonyl (C=O) groups is 1. The molecule has 3 unspecified atom stereocenters. The fourth-order valence-corrected chi connectivity index (χ4v) is 2.98. The van der Waals surface area contributed by atoms with Gasteiger partial charge in [0.1, 0.15) is 0 Å². The van der Waals surface area contributed by atoms with Gasteiger partial charge in [0.25, 0.3) is 0 Å². The summed E-state index contributed by atoms with van der Waals surface area (Å²) in [5, 5.41) is 3.27. The van der Waals surface area contributed by atoms with E-state index in [1.54, 1.807) is 18.3 Å². The summed E-state index contributed by atoms with van der Waals surface area (Å²) in [5.74, 6) is 0.377. The highest BCUT2D eigenvalue weighted by Gasteiger charge is 2.34. The van der Waals surface area contributed by atoms with Crippen LogP contribution in [0.25, 0.3) is 0 Å². The molecule has 0 saturated carbocycles. The van der Waals surface area contributed by atoms with Gasteiger partial charge in [0.05, 0.1) is 11.1 Å². The van der Waals surface area contributed by atoms with Crippen molar-refractivity contribution in [2.45, 2.75) is 51.7 Å². The van der Waals surface area contributed by atoms with E-state index in [4.69, 9.17) is 11.6 Å². The van der Waals surface area contributed by atoms with E-state index >= 15 is 0 Å². The predicted molar refractivity (Wildman–Crippen MR) is 77.3 cm³/mol. The number of hydrogen-bond acceptors (Lipinski definition) is 3. The molecule has 2 rings (SSSR count). The Labute approximate surface area is 119 Å². The van der Waals surface area contributed by atoms with E-state index in [-0.39, 0.29) is 11.9 Å². The molecule has 1 N–H and O–H groups in total. The molecule has 3 atom stereocenters. The van der Waals surface area contributed by atoms with Crippen LogP contribution >= 0.6 is 11.6 Å². The molecule has 1 saturated heterocycles. The van der Waals surface area contributed by atoms with Gasteiger partial charge in [-0.1, -0.05) is 11.6 Å². The molecule has 0 spiro atoms. The molecule has 1 aromatic heterocycles. The zero-order valence-electron chi connectivity index (χ0n) is 11.6. The number of hydrogen-bond donors (Lipinski definition) is 1. The molecule has 2 heterocycles. The molecule has 1 aromatic rings. The Morgan fingerprint density at radius 1 is 1.47 bits per heavy atom. The molecule has 0 aromatic carbocycles. The van der Waals surface area contributed by atoms with Crippen molar-refractivity contribution in [2.75, 3.05) is 5.32 Å². The van der Waals surface area contributed by atoms with E-state index < -0.39 is 0 Å². The Kier molecular flexibility index (Phi) is 4.42. The van der Waals surface area contributed by atoms with Crippen LogP contribution in [0.3, 0.4) is 0 Å². The van der Waals surface area contributed by atoms with Crippen LogP contribution in [-0.4, -0.2) is 33.9 Å². The first-order valence-electron chi connectivity index (χ1n) is 6.69. The van der Waals surface area contributed by atoms with Crippen LogP contribution in [0.4, 0.5) is 5.82 Å². The number of halogens is 1. The van der Waals surface area contributed by atoms with Crippen LogP contribution in [-0.2, 0) is 4.79 Å². The summed E-state index contributed by atoms with van der Waals surface area (Å²) in [7, 11) is 0. The molecule has 0 radical (unpaired) electrons. The van der Waals surface area contributed by atoms with Crippen LogP contribution in [0.2, 0.25) is 5.02 Å². The number of likely N-dealkylation sites (tertiary alicyclic amines) is 1. The maximum absolute atomic E-state index is 12.3. The minimum absolute atomic E-state index is 0.0544. The number of nitrogens with zero attached hydrogens (tertiary/aromatic N) is 2. The smallest absolute Gasteiger partial charge is 0.242 e. The molecule has 0 bridgehead atoms. The quantitative estimate of drug-likeness (QED) is 0.926. The average molecular weight is 282 g/mol. The minimum atomic E-state index is -0.175. The summed E-state index contributed by atoms with van der Waals surface area (Å²) in [6, 6.07) is 4.16. The van der Waals surface area contributed by atoms with Gasteiger partial charge in [0, 0.05) is 18.3 Å². The molecule has 5 heteroatoms. The molecule has 1 amide bonds. The third-order valence-electron chi connectivity index (χ3n) is 3.85. The van der Waals surface area contributed by atoms with Gasteiger partial charge in [-0.25, -0.2) is 4.98 Å². The van der Waals surface area contributed by atoms with E-state index in [2.05, 4.69) is 29.0 Å². The lowest BCUT2D eigenvalue weighted by Gasteiger charge is -2.31. The Balaban J connectivity index is 2.06. The second kappa shape index (κ2) is 5.88. The van der Waals surface area contributed by atoms with Gasteiger partial charge >= 0.3 is 0 Å². The molecule has 104 valence electrons. The van der Waals surface area contributed by atoms with E-state index in [0.29, 0.717) is 22.9 Å². The Morgan fingerprint density at radius 3 is 2.68 bits per heavy atom. The van der Waals surface area contributed by atoms with Crippen LogP contribution < -0.4 is 5.32 Å². The summed E-state index contributed by atoms with van der Waals surface area (Å²) >= 11 is 6.00. The lowest BCUT2D eigenvalue weighted by Crippen LogP contribution is -2.47. The molecule has 1 aliphatic heterocycles. The molecule has 0 aliphatic carbocycles. The zero-order chi connectivity index (χ0) is 14.0. The van der Waals surface area contributed by atoms with Crippen LogP contribution in [0.1, 0.15) is 33.6 Å². The van der Waals surface area contributed by atoms with Gasteiger partial charge < -0.3 is 5.32 Å². The van der Waals surface area contributed by atoms with Gasteiger partial charge in [-0.15, -0.1) is 0 Å². The summed E-state index contributed by atoms with van der Waals surface area (Å²) < 4.78 is 0. The van der Waals surface area contributed by atoms with Gasteiger partial charge in [-0.3, -0.25) is 9.69 Å².